The molecule has 0 spiro atoms. The predicted octanol–water partition coefficient (Wildman–Crippen LogP) is 5.75. The van der Waals surface area contributed by atoms with E-state index in [9.17, 15) is 14.0 Å². The Bertz CT molecular complexity index is 1820. The van der Waals surface area contributed by atoms with Gasteiger partial charge in [0.05, 0.1) is 24.6 Å². The summed E-state index contributed by atoms with van der Waals surface area (Å²) in [4.78, 5) is 36.3. The van der Waals surface area contributed by atoms with E-state index in [0.29, 0.717) is 66.0 Å². The van der Waals surface area contributed by atoms with E-state index in [1.807, 2.05) is 41.3 Å². The molecule has 0 saturated carbocycles. The third-order valence-electron chi connectivity index (χ3n) is 6.94. The second-order valence-electron chi connectivity index (χ2n) is 9.78. The fourth-order valence-corrected chi connectivity index (χ4v) is 4.93. The Morgan fingerprint density at radius 2 is 1.83 bits per heavy atom. The van der Waals surface area contributed by atoms with Crippen LogP contribution in [0.25, 0.3) is 22.2 Å². The molecule has 0 radical (unpaired) electrons. The third-order valence-corrected chi connectivity index (χ3v) is 6.94. The molecule has 6 rings (SSSR count). The Hall–Kier alpha value is -5.09. The minimum Gasteiger partial charge on any atom is -0.488 e. The monoisotopic (exact) mass is 566 g/mol. The molecule has 5 aromatic rings. The number of para-hydroxylation sites is 1. The molecular formula is C32H27FN4O5. The molecule has 0 bridgehead atoms. The number of hydrogen-bond donors (Lipinski definition) is 1. The van der Waals surface area contributed by atoms with Crippen molar-refractivity contribution < 1.29 is 23.1 Å². The first kappa shape index (κ1) is 27.1. The number of halogens is 1. The van der Waals surface area contributed by atoms with E-state index in [1.54, 1.807) is 30.5 Å². The molecule has 0 amide bonds. The summed E-state index contributed by atoms with van der Waals surface area (Å²) >= 11 is 0. The summed E-state index contributed by atoms with van der Waals surface area (Å²) in [6.45, 7) is 3.78. The number of ether oxygens (including phenoxy) is 2. The Balaban J connectivity index is 1.28. The predicted molar refractivity (Wildman–Crippen MR) is 157 cm³/mol. The zero-order valence-corrected chi connectivity index (χ0v) is 22.8. The van der Waals surface area contributed by atoms with Crippen LogP contribution in [0.3, 0.4) is 0 Å². The normalized spacial score (nSPS) is 13.2. The summed E-state index contributed by atoms with van der Waals surface area (Å²) in [5.74, 6) is 0.306. The number of aromatic nitrogens is 2. The first-order valence-corrected chi connectivity index (χ1v) is 13.5. The van der Waals surface area contributed by atoms with Crippen LogP contribution in [0.15, 0.2) is 88.2 Å². The molecule has 42 heavy (non-hydrogen) atoms. The number of hydrogen-bond acceptors (Lipinski definition) is 9. The Morgan fingerprint density at radius 1 is 1.05 bits per heavy atom. The van der Waals surface area contributed by atoms with Gasteiger partial charge in [0.25, 0.3) is 0 Å². The number of fused-ring (bicyclic) bond motifs is 1. The molecule has 0 atom stereocenters. The van der Waals surface area contributed by atoms with E-state index in [2.05, 4.69) is 15.3 Å². The van der Waals surface area contributed by atoms with Gasteiger partial charge in [-0.3, -0.25) is 4.79 Å². The highest BCUT2D eigenvalue weighted by Crippen LogP contribution is 2.33. The highest BCUT2D eigenvalue weighted by atomic mass is 19.1. The number of carbonyl (C=O) groups is 1. The van der Waals surface area contributed by atoms with Gasteiger partial charge in [-0.15, -0.1) is 0 Å². The third kappa shape index (κ3) is 5.70. The van der Waals surface area contributed by atoms with E-state index in [4.69, 9.17) is 13.9 Å². The van der Waals surface area contributed by atoms with Crippen molar-refractivity contribution in [1.82, 2.24) is 9.97 Å². The van der Waals surface area contributed by atoms with Crippen molar-refractivity contribution >= 4 is 34.1 Å². The van der Waals surface area contributed by atoms with Gasteiger partial charge in [-0.05, 0) is 55.0 Å². The number of benzene rings is 3. The lowest BCUT2D eigenvalue weighted by atomic mass is 10.1. The first-order chi connectivity index (χ1) is 20.5. The molecule has 0 unspecified atom stereocenters. The van der Waals surface area contributed by atoms with Crippen LogP contribution >= 0.6 is 0 Å². The van der Waals surface area contributed by atoms with Gasteiger partial charge in [-0.25, -0.2) is 19.2 Å². The van der Waals surface area contributed by atoms with Gasteiger partial charge in [0.1, 0.15) is 29.3 Å². The van der Waals surface area contributed by atoms with Crippen LogP contribution in [0.1, 0.15) is 22.8 Å². The molecule has 3 aromatic carbocycles. The number of Topliss-reactive ketones (excluding diaryl/α,β-unsaturated/α-hetero) is 1. The number of rotatable bonds is 8. The lowest BCUT2D eigenvalue weighted by Gasteiger charge is -2.30. The SMILES string of the molecule is CC(=O)c1c(N2CCOCC2)c2ccc(Nc3nccc(-c4ccccc4OCc4ccc(F)cc4)n3)cc2oc1=O. The lowest BCUT2D eigenvalue weighted by molar-refractivity contribution is 0.101. The van der Waals surface area contributed by atoms with Crippen molar-refractivity contribution in [2.45, 2.75) is 13.5 Å². The second-order valence-corrected chi connectivity index (χ2v) is 9.78. The first-order valence-electron chi connectivity index (χ1n) is 13.5. The molecule has 2 aromatic heterocycles. The fraction of sp³-hybridized carbons (Fsp3) is 0.188. The van der Waals surface area contributed by atoms with Crippen LogP contribution in [0.4, 0.5) is 21.7 Å². The number of nitrogens with one attached hydrogen (secondary N) is 1. The molecular weight excluding hydrogens is 539 g/mol. The number of morpholine rings is 1. The highest BCUT2D eigenvalue weighted by molar-refractivity contribution is 6.07. The molecule has 9 nitrogen and oxygen atoms in total. The Kier molecular flexibility index (Phi) is 7.61. The summed E-state index contributed by atoms with van der Waals surface area (Å²) in [6.07, 6.45) is 1.64. The molecule has 212 valence electrons. The van der Waals surface area contributed by atoms with E-state index in [0.717, 1.165) is 11.1 Å². The van der Waals surface area contributed by atoms with Crippen molar-refractivity contribution in [3.63, 3.8) is 0 Å². The fourth-order valence-electron chi connectivity index (χ4n) is 4.93. The molecule has 0 aliphatic carbocycles. The van der Waals surface area contributed by atoms with E-state index >= 15 is 0 Å². The summed E-state index contributed by atoms with van der Waals surface area (Å²) in [7, 11) is 0. The quantitative estimate of drug-likeness (QED) is 0.186. The molecule has 1 aliphatic heterocycles. The second kappa shape index (κ2) is 11.8. The van der Waals surface area contributed by atoms with Gasteiger partial charge in [0.15, 0.2) is 5.78 Å². The summed E-state index contributed by atoms with van der Waals surface area (Å²) in [6, 6.07) is 20.8. The van der Waals surface area contributed by atoms with Crippen LogP contribution in [-0.2, 0) is 11.3 Å². The average molecular weight is 567 g/mol. The lowest BCUT2D eigenvalue weighted by Crippen LogP contribution is -2.38. The van der Waals surface area contributed by atoms with Gasteiger partial charge in [0, 0.05) is 42.0 Å². The van der Waals surface area contributed by atoms with E-state index < -0.39 is 5.63 Å². The molecule has 1 fully saturated rings. The van der Waals surface area contributed by atoms with Crippen molar-refractivity contribution in [2.75, 3.05) is 36.5 Å². The topological polar surface area (TPSA) is 107 Å². The maximum atomic E-state index is 13.3. The smallest absolute Gasteiger partial charge is 0.349 e. The van der Waals surface area contributed by atoms with Gasteiger partial charge in [0.2, 0.25) is 5.95 Å². The van der Waals surface area contributed by atoms with Crippen LogP contribution in [0, 0.1) is 5.82 Å². The number of ketones is 1. The largest absolute Gasteiger partial charge is 0.488 e. The van der Waals surface area contributed by atoms with Crippen LogP contribution in [0.2, 0.25) is 0 Å². The molecule has 1 aliphatic rings. The van der Waals surface area contributed by atoms with E-state index in [-0.39, 0.29) is 23.8 Å². The zero-order chi connectivity index (χ0) is 29.1. The summed E-state index contributed by atoms with van der Waals surface area (Å²) in [5.41, 5.74) is 3.12. The maximum absolute atomic E-state index is 13.3. The summed E-state index contributed by atoms with van der Waals surface area (Å²) < 4.78 is 30.4. The van der Waals surface area contributed by atoms with Crippen molar-refractivity contribution in [1.29, 1.82) is 0 Å². The van der Waals surface area contributed by atoms with Gasteiger partial charge >= 0.3 is 5.63 Å². The van der Waals surface area contributed by atoms with Gasteiger partial charge in [-0.1, -0.05) is 24.3 Å². The minimum atomic E-state index is -0.677. The number of anilines is 3. The highest BCUT2D eigenvalue weighted by Gasteiger charge is 2.24. The minimum absolute atomic E-state index is 0.0430. The van der Waals surface area contributed by atoms with E-state index in [1.165, 1.54) is 19.1 Å². The Labute approximate surface area is 240 Å². The molecule has 1 N–H and O–H groups in total. The van der Waals surface area contributed by atoms with Crippen LogP contribution in [0.5, 0.6) is 5.75 Å². The van der Waals surface area contributed by atoms with Crippen molar-refractivity contribution in [2.24, 2.45) is 0 Å². The molecule has 10 heteroatoms. The van der Waals surface area contributed by atoms with Crippen molar-refractivity contribution in [3.05, 3.63) is 106 Å². The summed E-state index contributed by atoms with van der Waals surface area (Å²) in [5, 5.41) is 3.84. The zero-order valence-electron chi connectivity index (χ0n) is 22.8. The van der Waals surface area contributed by atoms with Gasteiger partial charge < -0.3 is 24.1 Å². The molecule has 1 saturated heterocycles. The maximum Gasteiger partial charge on any atom is 0.349 e. The van der Waals surface area contributed by atoms with Crippen LogP contribution < -0.4 is 20.6 Å². The van der Waals surface area contributed by atoms with Gasteiger partial charge in [-0.2, -0.15) is 0 Å². The standard InChI is InChI=1S/C32H27FN4O5/c1-20(38)29-30(37-14-16-40-17-15-37)25-11-10-23(18-28(25)42-31(29)39)35-32-34-13-12-26(36-32)24-4-2-3-5-27(24)41-19-21-6-8-22(33)9-7-21/h2-13,18H,14-17,19H2,1H3,(H,34,35,36). The average Bonchev–Trinajstić information content (AvgIpc) is 3.00. The number of carbonyl (C=O) groups excluding carboxylic acids is 1. The number of nitrogens with zero attached hydrogens (tertiary/aromatic N) is 3. The Morgan fingerprint density at radius 3 is 2.62 bits per heavy atom. The molecule has 3 heterocycles. The van der Waals surface area contributed by atoms with Crippen LogP contribution in [-0.4, -0.2) is 42.1 Å². The van der Waals surface area contributed by atoms with Crippen molar-refractivity contribution in [3.8, 4) is 17.0 Å².